The van der Waals surface area contributed by atoms with Crippen molar-refractivity contribution in [2.45, 2.75) is 43.3 Å². The second-order valence-corrected chi connectivity index (χ2v) is 10.1. The van der Waals surface area contributed by atoms with E-state index >= 15 is 0 Å². The number of aliphatic imine (C=N–C) groups is 1. The molecular formula is C23H31N3O5S. The Kier molecular flexibility index (Phi) is 9.22. The summed E-state index contributed by atoms with van der Waals surface area (Å²) in [4.78, 5) is 15.6. The lowest BCUT2D eigenvalue weighted by molar-refractivity contribution is -0.117. The van der Waals surface area contributed by atoms with E-state index < -0.39 is 21.0 Å². The number of benzene rings is 2. The topological polar surface area (TPSA) is 134 Å². The van der Waals surface area contributed by atoms with Crippen LogP contribution in [0.15, 0.2) is 52.4 Å². The maximum Gasteiger partial charge on any atom is 0.249 e. The molecule has 2 aromatic carbocycles. The van der Waals surface area contributed by atoms with E-state index in [4.69, 9.17) is 20.9 Å². The molecule has 8 nitrogen and oxygen atoms in total. The number of ether oxygens (including phenoxy) is 2. The van der Waals surface area contributed by atoms with E-state index in [1.807, 2.05) is 18.2 Å². The van der Waals surface area contributed by atoms with E-state index in [1.165, 1.54) is 0 Å². The third-order valence-corrected chi connectivity index (χ3v) is 6.96. The fraction of sp³-hybridized carbons (Fsp3) is 0.391. The first-order chi connectivity index (χ1) is 15.1. The van der Waals surface area contributed by atoms with Crippen molar-refractivity contribution in [1.29, 1.82) is 0 Å². The minimum atomic E-state index is -3.34. The molecule has 0 saturated heterocycles. The van der Waals surface area contributed by atoms with Crippen LogP contribution in [0.1, 0.15) is 32.3 Å². The van der Waals surface area contributed by atoms with Crippen molar-refractivity contribution in [2.75, 3.05) is 20.3 Å². The summed E-state index contributed by atoms with van der Waals surface area (Å²) in [5.74, 6) is 0.00129. The molecule has 0 heterocycles. The van der Waals surface area contributed by atoms with Crippen molar-refractivity contribution in [3.05, 3.63) is 48.0 Å². The van der Waals surface area contributed by atoms with E-state index in [0.717, 1.165) is 16.7 Å². The van der Waals surface area contributed by atoms with E-state index in [2.05, 4.69) is 4.99 Å². The number of hydrogen-bond donors (Lipinski definition) is 2. The molecule has 0 aliphatic rings. The third kappa shape index (κ3) is 7.06. The van der Waals surface area contributed by atoms with Crippen LogP contribution in [0.3, 0.4) is 0 Å². The Hall–Kier alpha value is -2.91. The van der Waals surface area contributed by atoms with Gasteiger partial charge in [0.15, 0.2) is 15.8 Å². The van der Waals surface area contributed by atoms with Crippen LogP contribution < -0.4 is 16.2 Å². The molecule has 0 aliphatic carbocycles. The van der Waals surface area contributed by atoms with Crippen molar-refractivity contribution in [2.24, 2.45) is 16.5 Å². The fourth-order valence-electron chi connectivity index (χ4n) is 3.01. The van der Waals surface area contributed by atoms with E-state index in [0.29, 0.717) is 31.8 Å². The summed E-state index contributed by atoms with van der Waals surface area (Å²) in [5.41, 5.74) is 13.0. The molecule has 0 radical (unpaired) electrons. The van der Waals surface area contributed by atoms with Crippen molar-refractivity contribution in [1.82, 2.24) is 0 Å². The maximum absolute atomic E-state index is 12.4. The molecule has 0 aliphatic heterocycles. The van der Waals surface area contributed by atoms with Crippen LogP contribution in [0.25, 0.3) is 11.1 Å². The zero-order chi connectivity index (χ0) is 23.7. The first-order valence-corrected chi connectivity index (χ1v) is 11.9. The fourth-order valence-corrected chi connectivity index (χ4v) is 4.07. The van der Waals surface area contributed by atoms with Gasteiger partial charge in [-0.3, -0.25) is 4.79 Å². The monoisotopic (exact) mass is 461 g/mol. The van der Waals surface area contributed by atoms with Crippen LogP contribution in [0, 0.1) is 0 Å². The normalized spacial score (nSPS) is 11.4. The molecule has 32 heavy (non-hydrogen) atoms. The number of methoxy groups -OCH3 is 1. The van der Waals surface area contributed by atoms with Gasteiger partial charge >= 0.3 is 0 Å². The Morgan fingerprint density at radius 1 is 1.06 bits per heavy atom. The van der Waals surface area contributed by atoms with E-state index in [1.54, 1.807) is 45.2 Å². The quantitative estimate of drug-likeness (QED) is 0.298. The number of guanidine groups is 1. The van der Waals surface area contributed by atoms with Crippen LogP contribution in [0.5, 0.6) is 5.75 Å². The largest absolute Gasteiger partial charge is 0.493 e. The number of aryl methyl sites for hydroxylation is 1. The molecule has 0 spiro atoms. The maximum atomic E-state index is 12.4. The Labute approximate surface area is 189 Å². The molecule has 0 unspecified atom stereocenters. The summed E-state index contributed by atoms with van der Waals surface area (Å²) in [6, 6.07) is 12.5. The number of nitrogens with zero attached hydrogens (tertiary/aromatic N) is 1. The van der Waals surface area contributed by atoms with E-state index in [9.17, 15) is 13.2 Å². The minimum absolute atomic E-state index is 0.169. The molecule has 0 aromatic heterocycles. The highest BCUT2D eigenvalue weighted by molar-refractivity contribution is 7.92. The predicted molar refractivity (Wildman–Crippen MR) is 125 cm³/mol. The number of amides is 1. The molecule has 2 aromatic rings. The van der Waals surface area contributed by atoms with Gasteiger partial charge in [-0.25, -0.2) is 8.42 Å². The number of carbonyl (C=O) groups is 1. The van der Waals surface area contributed by atoms with Crippen molar-refractivity contribution >= 4 is 21.7 Å². The second-order valence-electron chi connectivity index (χ2n) is 7.57. The van der Waals surface area contributed by atoms with Crippen molar-refractivity contribution in [3.8, 4) is 16.9 Å². The minimum Gasteiger partial charge on any atom is -0.493 e. The number of sulfone groups is 1. The van der Waals surface area contributed by atoms with Gasteiger partial charge in [0.25, 0.3) is 0 Å². The van der Waals surface area contributed by atoms with Crippen LogP contribution in [0.2, 0.25) is 0 Å². The summed E-state index contributed by atoms with van der Waals surface area (Å²) in [7, 11) is -1.71. The lowest BCUT2D eigenvalue weighted by Gasteiger charge is -2.14. The molecular weight excluding hydrogens is 430 g/mol. The highest BCUT2D eigenvalue weighted by Gasteiger charge is 2.19. The summed E-state index contributed by atoms with van der Waals surface area (Å²) in [6.07, 6.45) is 1.34. The number of hydrogen-bond acceptors (Lipinski definition) is 5. The molecule has 4 N–H and O–H groups in total. The first-order valence-electron chi connectivity index (χ1n) is 10.4. The highest BCUT2D eigenvalue weighted by atomic mass is 32.2. The van der Waals surface area contributed by atoms with Gasteiger partial charge in [0.05, 0.1) is 16.8 Å². The lowest BCUT2D eigenvalue weighted by atomic mass is 10.0. The summed E-state index contributed by atoms with van der Waals surface area (Å²) in [5, 5.41) is -0.492. The Morgan fingerprint density at radius 2 is 1.75 bits per heavy atom. The number of carbonyl (C=O) groups excluding carboxylic acids is 1. The van der Waals surface area contributed by atoms with Crippen LogP contribution in [-0.4, -0.2) is 45.9 Å². The molecule has 0 atom stereocenters. The Bertz CT molecular complexity index is 1040. The van der Waals surface area contributed by atoms with E-state index in [-0.39, 0.29) is 17.3 Å². The predicted octanol–water partition coefficient (Wildman–Crippen LogP) is 2.68. The molecule has 0 fully saturated rings. The number of nitrogens with two attached hydrogens (primary N) is 2. The van der Waals surface area contributed by atoms with Gasteiger partial charge in [-0.15, -0.1) is 0 Å². The third-order valence-electron chi connectivity index (χ3n) is 4.79. The summed E-state index contributed by atoms with van der Waals surface area (Å²) in [6.45, 7) is 4.35. The van der Waals surface area contributed by atoms with Gasteiger partial charge in [0, 0.05) is 32.1 Å². The lowest BCUT2D eigenvalue weighted by Crippen LogP contribution is -2.24. The zero-order valence-corrected chi connectivity index (χ0v) is 19.5. The second kappa shape index (κ2) is 11.6. The molecule has 9 heteroatoms. The van der Waals surface area contributed by atoms with Gasteiger partial charge in [0.1, 0.15) is 5.75 Å². The average Bonchev–Trinajstić information content (AvgIpc) is 2.75. The van der Waals surface area contributed by atoms with Crippen LogP contribution >= 0.6 is 0 Å². The first kappa shape index (κ1) is 25.4. The smallest absolute Gasteiger partial charge is 0.249 e. The Balaban J connectivity index is 2.30. The molecule has 1 amide bonds. The molecule has 2 rings (SSSR count). The number of rotatable bonds is 11. The zero-order valence-electron chi connectivity index (χ0n) is 18.7. The standard InChI is InChI=1S/C23H31N3O5S/c1-16(2)32(28,29)19-9-7-18(8-10-19)20-11-5-17(6-12-22(27)26-23(24)25)15-21(20)31-14-4-13-30-3/h5,7-11,15-16H,4,6,12-14H2,1-3H3,(H4,24,25,26,27). The Morgan fingerprint density at radius 3 is 2.34 bits per heavy atom. The van der Waals surface area contributed by atoms with Gasteiger partial charge < -0.3 is 20.9 Å². The van der Waals surface area contributed by atoms with Gasteiger partial charge in [-0.1, -0.05) is 24.3 Å². The average molecular weight is 462 g/mol. The molecule has 174 valence electrons. The van der Waals surface area contributed by atoms with Crippen LogP contribution in [0.4, 0.5) is 0 Å². The van der Waals surface area contributed by atoms with Crippen LogP contribution in [-0.2, 0) is 25.8 Å². The van der Waals surface area contributed by atoms with Gasteiger partial charge in [-0.05, 0) is 49.6 Å². The highest BCUT2D eigenvalue weighted by Crippen LogP contribution is 2.32. The SMILES string of the molecule is COCCCOc1cc(CCC(=O)N=C(N)N)ccc1-c1ccc(S(=O)(=O)C(C)C)cc1. The summed E-state index contributed by atoms with van der Waals surface area (Å²) < 4.78 is 35.9. The van der Waals surface area contributed by atoms with Crippen molar-refractivity contribution < 1.29 is 22.7 Å². The molecule has 0 bridgehead atoms. The van der Waals surface area contributed by atoms with Gasteiger partial charge in [0.2, 0.25) is 5.91 Å². The summed E-state index contributed by atoms with van der Waals surface area (Å²) >= 11 is 0. The van der Waals surface area contributed by atoms with Crippen molar-refractivity contribution in [3.63, 3.8) is 0 Å². The van der Waals surface area contributed by atoms with Gasteiger partial charge in [-0.2, -0.15) is 4.99 Å². The molecule has 0 saturated carbocycles.